The van der Waals surface area contributed by atoms with E-state index in [1.807, 2.05) is 0 Å². The molecule has 80 heavy (non-hydrogen) atoms. The molecule has 4 aromatic carbocycles. The van der Waals surface area contributed by atoms with Crippen LogP contribution in [0, 0.1) is 0 Å². The Morgan fingerprint density at radius 3 is 0.613 bits per heavy atom. The van der Waals surface area contributed by atoms with Crippen molar-refractivity contribution in [1.82, 2.24) is 39.9 Å². The summed E-state index contributed by atoms with van der Waals surface area (Å²) < 4.78 is 50.9. The van der Waals surface area contributed by atoms with Gasteiger partial charge >= 0.3 is 0 Å². The van der Waals surface area contributed by atoms with E-state index in [0.717, 1.165) is 140 Å². The average Bonchev–Trinajstić information content (AvgIpc) is 4.30. The third kappa shape index (κ3) is 13.1. The van der Waals surface area contributed by atoms with Crippen LogP contribution in [0.25, 0.3) is 89.7 Å². The van der Waals surface area contributed by atoms with E-state index in [-0.39, 0.29) is 0 Å². The Bertz CT molecular complexity index is 2960. The Morgan fingerprint density at radius 2 is 0.425 bits per heavy atom. The van der Waals surface area contributed by atoms with E-state index in [2.05, 4.69) is 114 Å². The number of ether oxygens (including phenoxy) is 8. The summed E-state index contributed by atoms with van der Waals surface area (Å²) in [6.07, 6.45) is 6.98. The van der Waals surface area contributed by atoms with Gasteiger partial charge in [-0.25, -0.2) is 29.9 Å². The minimum absolute atomic E-state index is 0.345. The first-order valence-electron chi connectivity index (χ1n) is 29.4. The van der Waals surface area contributed by atoms with Gasteiger partial charge < -0.3 is 47.9 Å². The van der Waals surface area contributed by atoms with Crippen molar-refractivity contribution in [3.63, 3.8) is 0 Å². The average molecular weight is 1090 g/mol. The molecule has 5 heterocycles. The lowest BCUT2D eigenvalue weighted by molar-refractivity contribution is 0.120. The number of hydrogen-bond acceptors (Lipinski definition) is 14. The standard InChI is InChI=1S/C64H82N8O8/c1-9-25-73-33-41-17-18-42(34-74-26-10-2)50-49(41)57-65-58(50)70-60-53-45(37-77-29-13-5)21-22-46(38-78-30-14-6)54(53)62(67-60)72-64-56-48(40-80-32-16-8)24-23-47(39-79-31-15-7)55(56)63(68-64)71-61-52-44(36-76-28-12-4)20-19-43(35-75-27-11-3)51(52)59(66-61)69-57/h17-24H,9-16,25-40H2,1-8H3,(H2,65,66,67,68,69,70,71,72). The molecule has 9 rings (SSSR count). The van der Waals surface area contributed by atoms with Crippen molar-refractivity contribution in [1.29, 1.82) is 0 Å². The van der Waals surface area contributed by atoms with Crippen LogP contribution >= 0.6 is 0 Å². The number of rotatable bonds is 32. The highest BCUT2D eigenvalue weighted by molar-refractivity contribution is 6.10. The Morgan fingerprint density at radius 1 is 0.250 bits per heavy atom. The molecule has 0 aliphatic carbocycles. The van der Waals surface area contributed by atoms with Crippen molar-refractivity contribution in [2.24, 2.45) is 0 Å². The molecule has 16 heteroatoms. The SMILES string of the molecule is CCCOCc1ccc(COCCC)c2c1-c1nc-2nc2[nH]c(nc3nc(nc4[nH]c(n1)c1c(COCCC)ccc(COCCC)c41)-c1c(COCCC)ccc(COCCC)c1-3)c1c(COCCC)ccc(COCCC)c21. The lowest BCUT2D eigenvalue weighted by atomic mass is 9.96. The molecule has 0 amide bonds. The fourth-order valence-electron chi connectivity index (χ4n) is 10.4. The van der Waals surface area contributed by atoms with Gasteiger partial charge in [0.1, 0.15) is 22.6 Å². The van der Waals surface area contributed by atoms with Crippen LogP contribution in [-0.4, -0.2) is 92.7 Å². The Hall–Kier alpha value is -6.08. The molecule has 0 radical (unpaired) electrons. The number of nitrogens with one attached hydrogen (secondary N) is 2. The summed E-state index contributed by atoms with van der Waals surface area (Å²) in [5.41, 5.74) is 13.1. The van der Waals surface area contributed by atoms with Gasteiger partial charge in [0.05, 0.1) is 52.9 Å². The summed E-state index contributed by atoms with van der Waals surface area (Å²) >= 11 is 0. The van der Waals surface area contributed by atoms with Crippen LogP contribution in [0.4, 0.5) is 0 Å². The van der Waals surface area contributed by atoms with Crippen LogP contribution in [0.15, 0.2) is 48.5 Å². The second-order valence-electron chi connectivity index (χ2n) is 20.6. The quantitative estimate of drug-likeness (QED) is 0.0380. The number of benzene rings is 4. The van der Waals surface area contributed by atoms with E-state index >= 15 is 0 Å². The maximum atomic E-state index is 6.36. The smallest absolute Gasteiger partial charge is 0.165 e. The number of hydrogen-bond donors (Lipinski definition) is 2. The molecular weight excluding hydrogens is 1010 g/mol. The zero-order chi connectivity index (χ0) is 55.8. The van der Waals surface area contributed by atoms with Crippen molar-refractivity contribution >= 4 is 44.1 Å². The van der Waals surface area contributed by atoms with Gasteiger partial charge in [-0.05, 0) is 95.9 Å². The highest BCUT2D eigenvalue weighted by Crippen LogP contribution is 2.44. The Kier molecular flexibility index (Phi) is 21.3. The van der Waals surface area contributed by atoms with Gasteiger partial charge in [0.25, 0.3) is 0 Å². The first kappa shape index (κ1) is 58.6. The van der Waals surface area contributed by atoms with E-state index in [4.69, 9.17) is 67.8 Å². The molecule has 16 nitrogen and oxygen atoms in total. The second kappa shape index (κ2) is 29.1. The lowest BCUT2D eigenvalue weighted by Gasteiger charge is -2.13. The summed E-state index contributed by atoms with van der Waals surface area (Å²) in [6.45, 7) is 24.5. The molecule has 2 aliphatic rings. The van der Waals surface area contributed by atoms with Crippen LogP contribution in [0.1, 0.15) is 151 Å². The molecule has 3 aromatic heterocycles. The number of nitrogens with zero attached hydrogens (tertiary/aromatic N) is 6. The third-order valence-electron chi connectivity index (χ3n) is 14.0. The molecule has 8 bridgehead atoms. The summed E-state index contributed by atoms with van der Waals surface area (Å²) in [5, 5.41) is 3.44. The van der Waals surface area contributed by atoms with Gasteiger partial charge in [0.2, 0.25) is 0 Å². The van der Waals surface area contributed by atoms with Crippen LogP contribution in [0.3, 0.4) is 0 Å². The van der Waals surface area contributed by atoms with Gasteiger partial charge in [0.15, 0.2) is 23.3 Å². The molecule has 2 aliphatic heterocycles. The largest absolute Gasteiger partial charge is 0.377 e. The van der Waals surface area contributed by atoms with E-state index < -0.39 is 0 Å². The topological polar surface area (TPSA) is 183 Å². The van der Waals surface area contributed by atoms with Gasteiger partial charge in [-0.3, -0.25) is 0 Å². The molecule has 0 saturated carbocycles. The Balaban J connectivity index is 1.51. The number of fused-ring (bicyclic) bond motifs is 20. The summed E-state index contributed by atoms with van der Waals surface area (Å²) in [6, 6.07) is 17.0. The van der Waals surface area contributed by atoms with Crippen molar-refractivity contribution in [3.05, 3.63) is 93.0 Å². The zero-order valence-corrected chi connectivity index (χ0v) is 48.5. The lowest BCUT2D eigenvalue weighted by Crippen LogP contribution is -2.02. The van der Waals surface area contributed by atoms with Crippen LogP contribution in [0.2, 0.25) is 0 Å². The fourth-order valence-corrected chi connectivity index (χ4v) is 10.4. The van der Waals surface area contributed by atoms with E-state index in [9.17, 15) is 0 Å². The predicted octanol–water partition coefficient (Wildman–Crippen LogP) is 14.3. The maximum Gasteiger partial charge on any atom is 0.165 e. The molecule has 0 saturated heterocycles. The third-order valence-corrected chi connectivity index (χ3v) is 14.0. The van der Waals surface area contributed by atoms with Crippen molar-refractivity contribution in [2.75, 3.05) is 52.9 Å². The molecular formula is C64H82N8O8. The van der Waals surface area contributed by atoms with E-state index in [1.54, 1.807) is 0 Å². The summed E-state index contributed by atoms with van der Waals surface area (Å²) in [7, 11) is 0. The Labute approximate surface area is 471 Å². The van der Waals surface area contributed by atoms with Gasteiger partial charge in [-0.15, -0.1) is 0 Å². The molecule has 0 atom stereocenters. The first-order valence-corrected chi connectivity index (χ1v) is 29.4. The summed E-state index contributed by atoms with van der Waals surface area (Å²) in [4.78, 5) is 41.2. The fraction of sp³-hybridized carbons (Fsp3) is 0.500. The summed E-state index contributed by atoms with van der Waals surface area (Å²) in [5.74, 6) is 1.92. The zero-order valence-electron chi connectivity index (χ0n) is 48.5. The number of aromatic amines is 2. The first-order chi connectivity index (χ1) is 39.4. The number of H-pyrrole nitrogens is 2. The van der Waals surface area contributed by atoms with Crippen molar-refractivity contribution < 1.29 is 37.9 Å². The van der Waals surface area contributed by atoms with E-state index in [0.29, 0.717) is 152 Å². The second-order valence-corrected chi connectivity index (χ2v) is 20.6. The predicted molar refractivity (Wildman–Crippen MR) is 316 cm³/mol. The minimum atomic E-state index is 0.345. The highest BCUT2D eigenvalue weighted by atomic mass is 16.5. The normalized spacial score (nSPS) is 12.1. The monoisotopic (exact) mass is 1090 g/mol. The highest BCUT2D eigenvalue weighted by Gasteiger charge is 2.30. The van der Waals surface area contributed by atoms with Crippen molar-refractivity contribution in [3.8, 4) is 45.6 Å². The molecule has 7 aromatic rings. The molecule has 0 unspecified atom stereocenters. The van der Waals surface area contributed by atoms with Crippen LogP contribution in [0.5, 0.6) is 0 Å². The molecule has 2 N–H and O–H groups in total. The van der Waals surface area contributed by atoms with Crippen LogP contribution in [-0.2, 0) is 90.7 Å². The van der Waals surface area contributed by atoms with E-state index in [1.165, 1.54) is 0 Å². The van der Waals surface area contributed by atoms with Gasteiger partial charge in [-0.1, -0.05) is 104 Å². The molecule has 0 fully saturated rings. The number of aromatic nitrogens is 8. The maximum absolute atomic E-state index is 6.36. The van der Waals surface area contributed by atoms with Crippen molar-refractivity contribution in [2.45, 2.75) is 160 Å². The van der Waals surface area contributed by atoms with Crippen LogP contribution < -0.4 is 0 Å². The van der Waals surface area contributed by atoms with Gasteiger partial charge in [0, 0.05) is 96.7 Å². The molecule has 0 spiro atoms. The van der Waals surface area contributed by atoms with Gasteiger partial charge in [-0.2, -0.15) is 0 Å². The minimum Gasteiger partial charge on any atom is -0.377 e. The molecule has 426 valence electrons.